The SMILES string of the molecule is CC12CC=C(c3ccccc3)C=C1c1c(-c3cccc4c3c3cccc5c6ccccc6n4c53)ccc3c1C(CC2)Cc1ccccc1-3. The number of hydrogen-bond acceptors (Lipinski definition) is 0. The van der Waals surface area contributed by atoms with Crippen molar-refractivity contribution in [2.24, 2.45) is 5.41 Å². The summed E-state index contributed by atoms with van der Waals surface area (Å²) in [6, 6.07) is 47.9. The first-order chi connectivity index (χ1) is 23.7. The number of para-hydroxylation sites is 2. The fraction of sp³-hybridized carbons (Fsp3) is 0.149. The molecular formula is C47H35N. The van der Waals surface area contributed by atoms with E-state index in [1.807, 2.05) is 0 Å². The minimum Gasteiger partial charge on any atom is -0.308 e. The summed E-state index contributed by atoms with van der Waals surface area (Å²) < 4.78 is 2.52. The smallest absolute Gasteiger partial charge is 0.0620 e. The monoisotopic (exact) mass is 613 g/mol. The van der Waals surface area contributed by atoms with E-state index in [0.717, 1.165) is 12.8 Å². The molecule has 228 valence electrons. The van der Waals surface area contributed by atoms with Crippen molar-refractivity contribution in [3.63, 3.8) is 0 Å². The summed E-state index contributed by atoms with van der Waals surface area (Å²) in [6.07, 6.45) is 9.67. The van der Waals surface area contributed by atoms with E-state index in [9.17, 15) is 0 Å². The van der Waals surface area contributed by atoms with Gasteiger partial charge in [0.05, 0.1) is 16.6 Å². The van der Waals surface area contributed by atoms with Crippen molar-refractivity contribution in [1.82, 2.24) is 4.40 Å². The van der Waals surface area contributed by atoms with Crippen LogP contribution in [0.1, 0.15) is 54.4 Å². The van der Waals surface area contributed by atoms with Crippen LogP contribution in [0.4, 0.5) is 0 Å². The summed E-state index contributed by atoms with van der Waals surface area (Å²) in [5, 5.41) is 5.38. The van der Waals surface area contributed by atoms with Crippen LogP contribution in [0.15, 0.2) is 140 Å². The zero-order valence-electron chi connectivity index (χ0n) is 27.1. The van der Waals surface area contributed by atoms with Crippen molar-refractivity contribution in [3.8, 4) is 22.3 Å². The molecule has 2 heterocycles. The molecule has 0 fully saturated rings. The Labute approximate surface area is 280 Å². The third-order valence-electron chi connectivity index (χ3n) is 12.1. The number of fused-ring (bicyclic) bond motifs is 10. The van der Waals surface area contributed by atoms with Crippen LogP contribution in [0.2, 0.25) is 0 Å². The second-order valence-corrected chi connectivity index (χ2v) is 14.6. The lowest BCUT2D eigenvalue weighted by molar-refractivity contribution is 0.386. The van der Waals surface area contributed by atoms with Crippen LogP contribution in [0.5, 0.6) is 0 Å². The Morgan fingerprint density at radius 1 is 0.625 bits per heavy atom. The van der Waals surface area contributed by atoms with E-state index in [4.69, 9.17) is 0 Å². The maximum Gasteiger partial charge on any atom is 0.0620 e. The summed E-state index contributed by atoms with van der Waals surface area (Å²) in [5.74, 6) is 0.506. The summed E-state index contributed by atoms with van der Waals surface area (Å²) >= 11 is 0. The molecule has 0 saturated heterocycles. The van der Waals surface area contributed by atoms with Crippen molar-refractivity contribution in [3.05, 3.63) is 162 Å². The molecule has 0 saturated carbocycles. The van der Waals surface area contributed by atoms with E-state index in [-0.39, 0.29) is 5.41 Å². The number of aromatic nitrogens is 1. The van der Waals surface area contributed by atoms with Gasteiger partial charge in [-0.25, -0.2) is 0 Å². The van der Waals surface area contributed by atoms with Gasteiger partial charge in [-0.15, -0.1) is 0 Å². The first-order valence-corrected chi connectivity index (χ1v) is 17.6. The van der Waals surface area contributed by atoms with Crippen LogP contribution in [0.25, 0.3) is 71.5 Å². The van der Waals surface area contributed by atoms with Gasteiger partial charge in [0.1, 0.15) is 0 Å². The standard InChI is InChI=1S/C47H35N/c1-47-25-23-30(29-11-3-2-4-12-29)28-40(47)45-37(22-21-36-33-14-6-5-13-31(33)27-32(24-26-47)43(36)45)35-16-10-20-42-44(35)39-18-9-17-38-34-15-7-8-19-41(34)48(42)46(38)39/h2-23,28,32H,24-27H2,1H3. The molecule has 6 aromatic carbocycles. The van der Waals surface area contributed by atoms with Crippen LogP contribution in [0, 0.1) is 5.41 Å². The topological polar surface area (TPSA) is 4.41 Å². The van der Waals surface area contributed by atoms with Crippen molar-refractivity contribution in [1.29, 1.82) is 0 Å². The first kappa shape index (κ1) is 26.6. The van der Waals surface area contributed by atoms with Gasteiger partial charge in [0, 0.05) is 21.5 Å². The molecular weight excluding hydrogens is 579 g/mol. The maximum atomic E-state index is 2.57. The maximum absolute atomic E-state index is 2.57. The Balaban J connectivity index is 1.27. The van der Waals surface area contributed by atoms with Crippen LogP contribution in [-0.2, 0) is 6.42 Å². The van der Waals surface area contributed by atoms with Gasteiger partial charge in [-0.05, 0) is 105 Å². The predicted octanol–water partition coefficient (Wildman–Crippen LogP) is 12.5. The number of nitrogens with zero attached hydrogens (tertiary/aromatic N) is 1. The number of benzene rings is 6. The van der Waals surface area contributed by atoms with E-state index >= 15 is 0 Å². The van der Waals surface area contributed by atoms with Gasteiger partial charge < -0.3 is 4.40 Å². The largest absolute Gasteiger partial charge is 0.308 e. The van der Waals surface area contributed by atoms with Crippen molar-refractivity contribution >= 4 is 49.2 Å². The Bertz CT molecular complexity index is 2680. The van der Waals surface area contributed by atoms with Crippen LogP contribution < -0.4 is 0 Å². The van der Waals surface area contributed by atoms with Gasteiger partial charge in [0.15, 0.2) is 0 Å². The molecule has 0 radical (unpaired) electrons. The fourth-order valence-corrected chi connectivity index (χ4v) is 9.84. The Morgan fingerprint density at radius 3 is 2.29 bits per heavy atom. The summed E-state index contributed by atoms with van der Waals surface area (Å²) in [5.41, 5.74) is 18.4. The van der Waals surface area contributed by atoms with E-state index in [1.165, 1.54) is 101 Å². The van der Waals surface area contributed by atoms with Crippen LogP contribution in [-0.4, -0.2) is 4.40 Å². The van der Waals surface area contributed by atoms with Crippen molar-refractivity contribution < 1.29 is 0 Å². The second-order valence-electron chi connectivity index (χ2n) is 14.6. The molecule has 1 nitrogen and oxygen atoms in total. The van der Waals surface area contributed by atoms with Gasteiger partial charge >= 0.3 is 0 Å². The van der Waals surface area contributed by atoms with Crippen LogP contribution >= 0.6 is 0 Å². The Morgan fingerprint density at radius 2 is 1.35 bits per heavy atom. The van der Waals surface area contributed by atoms with E-state index in [2.05, 4.69) is 151 Å². The molecule has 3 aliphatic rings. The van der Waals surface area contributed by atoms with Gasteiger partial charge in [0.2, 0.25) is 0 Å². The lowest BCUT2D eigenvalue weighted by atomic mass is 9.68. The van der Waals surface area contributed by atoms with Crippen molar-refractivity contribution in [2.45, 2.75) is 38.5 Å². The molecule has 0 bridgehead atoms. The molecule has 0 N–H and O–H groups in total. The van der Waals surface area contributed by atoms with E-state index < -0.39 is 0 Å². The second kappa shape index (κ2) is 9.58. The number of allylic oxidation sites excluding steroid dienone is 4. The van der Waals surface area contributed by atoms with Gasteiger partial charge in [-0.3, -0.25) is 0 Å². The molecule has 1 heteroatoms. The van der Waals surface area contributed by atoms with E-state index in [0.29, 0.717) is 5.92 Å². The minimum absolute atomic E-state index is 0.0745. The number of rotatable bonds is 2. The average Bonchev–Trinajstić information content (AvgIpc) is 3.62. The third kappa shape index (κ3) is 3.46. The molecule has 0 amide bonds. The van der Waals surface area contributed by atoms with Gasteiger partial charge in [-0.1, -0.05) is 134 Å². The van der Waals surface area contributed by atoms with Crippen molar-refractivity contribution in [2.75, 3.05) is 0 Å². The van der Waals surface area contributed by atoms with E-state index in [1.54, 1.807) is 5.56 Å². The first-order valence-electron chi connectivity index (χ1n) is 17.6. The summed E-state index contributed by atoms with van der Waals surface area (Å²) in [6.45, 7) is 2.54. The van der Waals surface area contributed by atoms with Crippen LogP contribution in [0.3, 0.4) is 0 Å². The highest BCUT2D eigenvalue weighted by Gasteiger charge is 2.41. The zero-order chi connectivity index (χ0) is 31.6. The Hall–Kier alpha value is -5.40. The molecule has 2 aromatic heterocycles. The summed E-state index contributed by atoms with van der Waals surface area (Å²) in [4.78, 5) is 0. The number of hydrogen-bond donors (Lipinski definition) is 0. The minimum atomic E-state index is 0.0745. The predicted molar refractivity (Wildman–Crippen MR) is 203 cm³/mol. The molecule has 11 rings (SSSR count). The molecule has 2 unspecified atom stereocenters. The molecule has 8 aromatic rings. The average molecular weight is 614 g/mol. The molecule has 0 aliphatic heterocycles. The van der Waals surface area contributed by atoms with Gasteiger partial charge in [-0.2, -0.15) is 0 Å². The van der Waals surface area contributed by atoms with Gasteiger partial charge in [0.25, 0.3) is 0 Å². The fourth-order valence-electron chi connectivity index (χ4n) is 9.84. The summed E-state index contributed by atoms with van der Waals surface area (Å²) in [7, 11) is 0. The lowest BCUT2D eigenvalue weighted by Crippen LogP contribution is -2.20. The molecule has 48 heavy (non-hydrogen) atoms. The third-order valence-corrected chi connectivity index (χ3v) is 12.1. The molecule has 2 atom stereocenters. The normalized spacial score (nSPS) is 20.0. The highest BCUT2D eigenvalue weighted by Crippen LogP contribution is 2.59. The lowest BCUT2D eigenvalue weighted by Gasteiger charge is -2.36. The highest BCUT2D eigenvalue weighted by atomic mass is 14.9. The highest BCUT2D eigenvalue weighted by molar-refractivity contribution is 6.26. The quantitative estimate of drug-likeness (QED) is 0.183. The molecule has 3 aliphatic carbocycles. The molecule has 0 spiro atoms. The zero-order valence-corrected chi connectivity index (χ0v) is 27.1. The Kier molecular flexibility index (Phi) is 5.32.